The van der Waals surface area contributed by atoms with Gasteiger partial charge in [0, 0.05) is 12.3 Å². The first-order valence-electron chi connectivity index (χ1n) is 9.15. The molecule has 0 saturated heterocycles. The second kappa shape index (κ2) is 7.52. The number of carbonyl (C=O) groups is 1. The van der Waals surface area contributed by atoms with E-state index >= 15 is 0 Å². The first-order chi connectivity index (χ1) is 13.5. The maximum Gasteiger partial charge on any atom is 0.407 e. The van der Waals surface area contributed by atoms with Crippen LogP contribution in [0, 0.1) is 23.1 Å². The van der Waals surface area contributed by atoms with Crippen molar-refractivity contribution in [3.05, 3.63) is 35.6 Å². The normalized spacial score (nSPS) is 20.4. The summed E-state index contributed by atoms with van der Waals surface area (Å²) in [4.78, 5) is 12.5. The van der Waals surface area contributed by atoms with Gasteiger partial charge in [-0.2, -0.15) is 18.4 Å². The molecule has 10 heteroatoms. The van der Waals surface area contributed by atoms with Gasteiger partial charge in [0.05, 0.1) is 12.1 Å². The molecule has 1 aromatic rings. The van der Waals surface area contributed by atoms with Crippen LogP contribution in [0.3, 0.4) is 0 Å². The average molecular weight is 419 g/mol. The third kappa shape index (κ3) is 5.21. The Labute approximate surface area is 163 Å². The van der Waals surface area contributed by atoms with Crippen LogP contribution in [0.1, 0.15) is 43.7 Å². The molecule has 2 aliphatic carbocycles. The minimum atomic E-state index is -4.92. The van der Waals surface area contributed by atoms with E-state index in [1.165, 1.54) is 0 Å². The highest BCUT2D eigenvalue weighted by Crippen LogP contribution is 2.46. The minimum absolute atomic E-state index is 0.240. The van der Waals surface area contributed by atoms with Crippen molar-refractivity contribution < 1.29 is 31.1 Å². The molecule has 2 fully saturated rings. The highest BCUT2D eigenvalue weighted by Gasteiger charge is 2.52. The number of amides is 1. The van der Waals surface area contributed by atoms with Gasteiger partial charge in [-0.15, -0.1) is 0 Å². The highest BCUT2D eigenvalue weighted by atomic mass is 19.4. The van der Waals surface area contributed by atoms with Crippen LogP contribution >= 0.6 is 0 Å². The molecular weight excluding hydrogens is 400 g/mol. The zero-order chi connectivity index (χ0) is 21.4. The Morgan fingerprint density at radius 3 is 2.21 bits per heavy atom. The maximum absolute atomic E-state index is 14.3. The Bertz CT molecular complexity index is 794. The molecule has 2 saturated carbocycles. The summed E-state index contributed by atoms with van der Waals surface area (Å²) in [5.41, 5.74) is -1.62. The minimum Gasteiger partial charge on any atom is -0.336 e. The van der Waals surface area contributed by atoms with Crippen molar-refractivity contribution in [2.24, 2.45) is 5.92 Å². The highest BCUT2D eigenvalue weighted by molar-refractivity contribution is 5.83. The van der Waals surface area contributed by atoms with E-state index in [1.54, 1.807) is 0 Å². The fourth-order valence-electron chi connectivity index (χ4n) is 3.12. The summed E-state index contributed by atoms with van der Waals surface area (Å²) in [5, 5.41) is 13.4. The lowest BCUT2D eigenvalue weighted by atomic mass is 9.99. The van der Waals surface area contributed by atoms with Crippen LogP contribution in [0.15, 0.2) is 24.3 Å². The molecule has 4 nitrogen and oxygen atoms in total. The van der Waals surface area contributed by atoms with Crippen LogP contribution in [0.5, 0.6) is 0 Å². The van der Waals surface area contributed by atoms with Crippen molar-refractivity contribution in [1.29, 1.82) is 5.26 Å². The van der Waals surface area contributed by atoms with E-state index in [1.807, 2.05) is 11.4 Å². The molecule has 29 heavy (non-hydrogen) atoms. The molecule has 0 spiro atoms. The Hall–Kier alpha value is -2.28. The lowest BCUT2D eigenvalue weighted by Gasteiger charge is -2.30. The van der Waals surface area contributed by atoms with Crippen LogP contribution in [-0.4, -0.2) is 29.6 Å². The lowest BCUT2D eigenvalue weighted by Crippen LogP contribution is -2.53. The van der Waals surface area contributed by atoms with Gasteiger partial charge in [0.25, 0.3) is 5.92 Å². The Morgan fingerprint density at radius 1 is 1.17 bits per heavy atom. The van der Waals surface area contributed by atoms with Crippen LogP contribution in [0.2, 0.25) is 0 Å². The van der Waals surface area contributed by atoms with Gasteiger partial charge >= 0.3 is 6.18 Å². The van der Waals surface area contributed by atoms with Gasteiger partial charge in [0.2, 0.25) is 5.91 Å². The van der Waals surface area contributed by atoms with Gasteiger partial charge in [-0.3, -0.25) is 10.1 Å². The first-order valence-corrected chi connectivity index (χ1v) is 9.15. The number of carbonyl (C=O) groups excluding carboxylic acids is 1. The third-order valence-corrected chi connectivity index (χ3v) is 5.19. The fourth-order valence-corrected chi connectivity index (χ4v) is 3.12. The summed E-state index contributed by atoms with van der Waals surface area (Å²) < 4.78 is 82.6. The molecule has 2 N–H and O–H groups in total. The monoisotopic (exact) mass is 419 g/mol. The maximum atomic E-state index is 14.3. The molecule has 0 aliphatic heterocycles. The van der Waals surface area contributed by atoms with E-state index in [0.29, 0.717) is 12.8 Å². The molecule has 0 heterocycles. The number of nitriles is 1. The summed E-state index contributed by atoms with van der Waals surface area (Å²) in [6, 6.07) is 0.911. The number of benzene rings is 1. The van der Waals surface area contributed by atoms with E-state index < -0.39 is 59.3 Å². The number of hydrogen-bond acceptors (Lipinski definition) is 3. The van der Waals surface area contributed by atoms with E-state index in [-0.39, 0.29) is 12.8 Å². The van der Waals surface area contributed by atoms with Gasteiger partial charge in [-0.05, 0) is 43.4 Å². The summed E-state index contributed by atoms with van der Waals surface area (Å²) in [5.74, 6) is -6.13. The van der Waals surface area contributed by atoms with Crippen molar-refractivity contribution in [2.75, 3.05) is 0 Å². The topological polar surface area (TPSA) is 64.9 Å². The Balaban J connectivity index is 1.85. The summed E-state index contributed by atoms with van der Waals surface area (Å²) in [6.07, 6.45) is -4.95. The second-order valence-corrected chi connectivity index (χ2v) is 7.67. The number of alkyl halides is 5. The van der Waals surface area contributed by atoms with Crippen LogP contribution in [-0.2, 0) is 4.79 Å². The molecule has 1 amide bonds. The van der Waals surface area contributed by atoms with Gasteiger partial charge in [0.15, 0.2) is 0 Å². The van der Waals surface area contributed by atoms with Crippen LogP contribution in [0.4, 0.5) is 26.3 Å². The molecule has 158 valence electrons. The Morgan fingerprint density at radius 2 is 1.76 bits per heavy atom. The smallest absolute Gasteiger partial charge is 0.336 e. The van der Waals surface area contributed by atoms with Gasteiger partial charge in [-0.1, -0.05) is 12.1 Å². The van der Waals surface area contributed by atoms with Crippen molar-refractivity contribution in [3.8, 4) is 6.07 Å². The Kier molecular flexibility index (Phi) is 5.56. The van der Waals surface area contributed by atoms with E-state index in [9.17, 15) is 31.1 Å². The standard InChI is InChI=1S/C19H19F6N3O/c20-13-5-1-11(2-6-13)15(19(23,24)25)27-14(9-18(21,22)12-3-4-12)16(29)28-17(10-26)7-8-17/h1-2,5-6,12,14-15,27H,3-4,7-9H2,(H,28,29)/t14?,15-/m0/s1. The summed E-state index contributed by atoms with van der Waals surface area (Å²) in [7, 11) is 0. The zero-order valence-corrected chi connectivity index (χ0v) is 15.2. The molecule has 0 radical (unpaired) electrons. The van der Waals surface area contributed by atoms with Crippen molar-refractivity contribution in [3.63, 3.8) is 0 Å². The molecule has 1 aromatic carbocycles. The first kappa shape index (κ1) is 21.4. The number of nitrogens with one attached hydrogen (secondary N) is 2. The van der Waals surface area contributed by atoms with Crippen molar-refractivity contribution in [2.45, 2.75) is 61.8 Å². The van der Waals surface area contributed by atoms with E-state index in [4.69, 9.17) is 5.26 Å². The summed E-state index contributed by atoms with van der Waals surface area (Å²) in [6.45, 7) is 0. The second-order valence-electron chi connectivity index (χ2n) is 7.67. The zero-order valence-electron chi connectivity index (χ0n) is 15.2. The molecule has 2 aliphatic rings. The molecule has 0 aromatic heterocycles. The number of rotatable bonds is 8. The van der Waals surface area contributed by atoms with Gasteiger partial charge in [0.1, 0.15) is 17.4 Å². The largest absolute Gasteiger partial charge is 0.407 e. The fraction of sp³-hybridized carbons (Fsp3) is 0.579. The van der Waals surface area contributed by atoms with E-state index in [2.05, 4.69) is 5.32 Å². The summed E-state index contributed by atoms with van der Waals surface area (Å²) >= 11 is 0. The third-order valence-electron chi connectivity index (χ3n) is 5.19. The lowest BCUT2D eigenvalue weighted by molar-refractivity contribution is -0.163. The molecule has 3 rings (SSSR count). The quantitative estimate of drug-likeness (QED) is 0.627. The SMILES string of the molecule is N#CC1(NC(=O)C(CC(F)(F)C2CC2)N[C@@H](c2ccc(F)cc2)C(F)(F)F)CC1. The molecule has 2 atom stereocenters. The van der Waals surface area contributed by atoms with E-state index in [0.717, 1.165) is 24.3 Å². The number of nitrogens with zero attached hydrogens (tertiary/aromatic N) is 1. The number of halogens is 6. The predicted octanol–water partition coefficient (Wildman–Crippen LogP) is 4.00. The predicted molar refractivity (Wildman–Crippen MR) is 90.1 cm³/mol. The molecule has 1 unspecified atom stereocenters. The average Bonchev–Trinajstić information content (AvgIpc) is 3.52. The molecular formula is C19H19F6N3O. The van der Waals surface area contributed by atoms with Gasteiger partial charge in [-0.25, -0.2) is 13.2 Å². The van der Waals surface area contributed by atoms with Gasteiger partial charge < -0.3 is 5.32 Å². The van der Waals surface area contributed by atoms with Crippen LogP contribution < -0.4 is 10.6 Å². The number of hydrogen-bond donors (Lipinski definition) is 2. The molecule has 0 bridgehead atoms. The van der Waals surface area contributed by atoms with Crippen LogP contribution in [0.25, 0.3) is 0 Å². The van der Waals surface area contributed by atoms with Crippen molar-refractivity contribution in [1.82, 2.24) is 10.6 Å². The van der Waals surface area contributed by atoms with Crippen molar-refractivity contribution >= 4 is 5.91 Å².